The van der Waals surface area contributed by atoms with Crippen LogP contribution >= 0.6 is 0 Å². The zero-order chi connectivity index (χ0) is 32.1. The number of aliphatic hydroxyl groups excluding tert-OH is 8. The van der Waals surface area contributed by atoms with Gasteiger partial charge in [0.25, 0.3) is 0 Å². The van der Waals surface area contributed by atoms with Crippen molar-refractivity contribution in [2.75, 3.05) is 27.4 Å². The Labute approximate surface area is 251 Å². The summed E-state index contributed by atoms with van der Waals surface area (Å²) in [6, 6.07) is 9.01. The van der Waals surface area contributed by atoms with Gasteiger partial charge in [0.1, 0.15) is 72.5 Å². The second-order valence-electron chi connectivity index (χ2n) is 9.99. The monoisotopic (exact) mass is 628 g/mol. The lowest BCUT2D eigenvalue weighted by atomic mass is 9.99. The minimum absolute atomic E-state index is 0.0129. The van der Waals surface area contributed by atoms with E-state index in [1.807, 2.05) is 0 Å². The minimum atomic E-state index is -1.79. The summed E-state index contributed by atoms with van der Waals surface area (Å²) in [4.78, 5) is 13.5. The van der Waals surface area contributed by atoms with Crippen molar-refractivity contribution in [2.45, 2.75) is 68.0 Å². The van der Waals surface area contributed by atoms with Gasteiger partial charge in [-0.3, -0.25) is 0 Å². The maximum atomic E-state index is 13.5. The van der Waals surface area contributed by atoms with Gasteiger partial charge in [0.15, 0.2) is 11.5 Å². The molecular formula is C28H36O16. The number of hydrogen-bond donors (Lipinski definition) is 8. The Hall–Kier alpha value is -3.29. The maximum absolute atomic E-state index is 13.5. The second-order valence-corrected chi connectivity index (χ2v) is 9.99. The number of methoxy groups -OCH3 is 2. The topological polar surface area (TPSA) is 244 Å². The quantitative estimate of drug-likeness (QED) is 0.119. The van der Waals surface area contributed by atoms with Crippen molar-refractivity contribution in [2.24, 2.45) is 0 Å². The van der Waals surface area contributed by atoms with Crippen LogP contribution in [0.1, 0.15) is 15.9 Å². The van der Waals surface area contributed by atoms with E-state index in [-0.39, 0.29) is 34.1 Å². The number of rotatable bonds is 11. The van der Waals surface area contributed by atoms with Gasteiger partial charge in [-0.25, -0.2) is 4.79 Å². The van der Waals surface area contributed by atoms with Gasteiger partial charge in [-0.05, 0) is 18.2 Å². The van der Waals surface area contributed by atoms with Crippen molar-refractivity contribution in [1.82, 2.24) is 0 Å². The fourth-order valence-corrected chi connectivity index (χ4v) is 4.71. The molecule has 2 fully saturated rings. The first kappa shape index (κ1) is 33.6. The Morgan fingerprint density at radius 1 is 0.682 bits per heavy atom. The predicted octanol–water partition coefficient (Wildman–Crippen LogP) is -2.58. The van der Waals surface area contributed by atoms with Gasteiger partial charge >= 0.3 is 5.97 Å². The van der Waals surface area contributed by atoms with Gasteiger partial charge in [0.2, 0.25) is 12.6 Å². The highest BCUT2D eigenvalue weighted by molar-refractivity contribution is 5.96. The average Bonchev–Trinajstić information content (AvgIpc) is 3.04. The third-order valence-corrected chi connectivity index (χ3v) is 7.23. The summed E-state index contributed by atoms with van der Waals surface area (Å²) in [5.41, 5.74) is -0.00721. The average molecular weight is 629 g/mol. The fourth-order valence-electron chi connectivity index (χ4n) is 4.71. The maximum Gasteiger partial charge on any atom is 0.346 e. The van der Waals surface area contributed by atoms with E-state index in [1.165, 1.54) is 32.4 Å². The molecule has 0 bridgehead atoms. The molecule has 0 spiro atoms. The van der Waals surface area contributed by atoms with Gasteiger partial charge in [0.05, 0.1) is 27.4 Å². The molecule has 4 rings (SSSR count). The van der Waals surface area contributed by atoms with Gasteiger partial charge < -0.3 is 74.0 Å². The summed E-state index contributed by atoms with van der Waals surface area (Å²) >= 11 is 0. The van der Waals surface area contributed by atoms with Crippen LogP contribution in [0.15, 0.2) is 36.4 Å². The summed E-state index contributed by atoms with van der Waals surface area (Å²) in [7, 11) is 2.56. The van der Waals surface area contributed by atoms with Crippen molar-refractivity contribution in [3.05, 3.63) is 47.5 Å². The zero-order valence-corrected chi connectivity index (χ0v) is 23.7. The number of para-hydroxylation sites is 1. The lowest BCUT2D eigenvalue weighted by Gasteiger charge is -2.39. The van der Waals surface area contributed by atoms with E-state index in [4.69, 9.17) is 33.2 Å². The first-order valence-corrected chi connectivity index (χ1v) is 13.5. The lowest BCUT2D eigenvalue weighted by molar-refractivity contribution is -0.277. The van der Waals surface area contributed by atoms with E-state index >= 15 is 0 Å². The highest BCUT2D eigenvalue weighted by atomic mass is 16.7. The molecule has 2 saturated heterocycles. The molecule has 2 aromatic carbocycles. The number of esters is 1. The number of carbonyl (C=O) groups excluding carboxylic acids is 1. The summed E-state index contributed by atoms with van der Waals surface area (Å²) in [6.45, 7) is -1.77. The highest BCUT2D eigenvalue weighted by Gasteiger charge is 2.46. The van der Waals surface area contributed by atoms with Crippen molar-refractivity contribution >= 4 is 5.97 Å². The molecule has 244 valence electrons. The van der Waals surface area contributed by atoms with Crippen LogP contribution in [0, 0.1) is 0 Å². The van der Waals surface area contributed by atoms with Gasteiger partial charge in [0, 0.05) is 5.56 Å². The standard InChI is InChI=1S/C28H36O16/c1-38-14-7-8-15(39-2)25(44-28-24(36)22(34)20(32)17(10-30)43-28)18(14)26(37)40-11-12-5-3-4-6-13(12)41-27-23(35)21(33)19(31)16(9-29)42-27/h3-8,16-17,19-24,27-36H,9-11H2,1-2H3/t16-,17-,19-,20-,21+,22+,23-,24-,27-,28+/m1/s1. The van der Waals surface area contributed by atoms with Crippen molar-refractivity contribution in [3.63, 3.8) is 0 Å². The SMILES string of the molecule is COc1ccc(OC)c(C(=O)OCc2ccccc2O[C@@H]2O[C@H](CO)[C@@H](O)[C@H](O)[C@H]2O)c1O[C@@H]1O[C@H](CO)[C@@H](O)[C@H](O)[C@H]1O. The van der Waals surface area contributed by atoms with E-state index < -0.39 is 87.2 Å². The van der Waals surface area contributed by atoms with Gasteiger partial charge in [-0.2, -0.15) is 0 Å². The zero-order valence-electron chi connectivity index (χ0n) is 23.7. The molecule has 16 heteroatoms. The number of carbonyl (C=O) groups is 1. The van der Waals surface area contributed by atoms with Crippen LogP contribution in [0.5, 0.6) is 23.0 Å². The Morgan fingerprint density at radius 2 is 1.20 bits per heavy atom. The lowest BCUT2D eigenvalue weighted by Crippen LogP contribution is -2.60. The molecular weight excluding hydrogens is 592 g/mol. The van der Waals surface area contributed by atoms with Crippen LogP contribution in [0.3, 0.4) is 0 Å². The van der Waals surface area contributed by atoms with Crippen LogP contribution in [-0.4, -0.2) is 136 Å². The van der Waals surface area contributed by atoms with E-state index in [1.54, 1.807) is 18.2 Å². The number of hydrogen-bond acceptors (Lipinski definition) is 16. The molecule has 0 radical (unpaired) electrons. The number of aliphatic hydroxyl groups is 8. The third-order valence-electron chi connectivity index (χ3n) is 7.23. The van der Waals surface area contributed by atoms with Crippen LogP contribution in [0.4, 0.5) is 0 Å². The van der Waals surface area contributed by atoms with Gasteiger partial charge in [-0.1, -0.05) is 18.2 Å². The Morgan fingerprint density at radius 3 is 1.75 bits per heavy atom. The Balaban J connectivity index is 1.57. The minimum Gasteiger partial charge on any atom is -0.496 e. The molecule has 0 unspecified atom stereocenters. The summed E-state index contributed by atoms with van der Waals surface area (Å²) in [5.74, 6) is -1.25. The smallest absolute Gasteiger partial charge is 0.346 e. The molecule has 2 heterocycles. The van der Waals surface area contributed by atoms with Crippen molar-refractivity contribution in [3.8, 4) is 23.0 Å². The normalized spacial score (nSPS) is 32.0. The van der Waals surface area contributed by atoms with E-state index in [9.17, 15) is 45.6 Å². The number of ether oxygens (including phenoxy) is 7. The number of benzene rings is 2. The molecule has 0 amide bonds. The molecule has 0 aromatic heterocycles. The first-order chi connectivity index (χ1) is 21.1. The summed E-state index contributed by atoms with van der Waals surface area (Å²) in [5, 5.41) is 80.2. The largest absolute Gasteiger partial charge is 0.496 e. The molecule has 10 atom stereocenters. The van der Waals surface area contributed by atoms with Crippen LogP contribution in [0.2, 0.25) is 0 Å². The van der Waals surface area contributed by atoms with Gasteiger partial charge in [-0.15, -0.1) is 0 Å². The molecule has 0 saturated carbocycles. The Bertz CT molecular complexity index is 1250. The molecule has 2 aliphatic heterocycles. The van der Waals surface area contributed by atoms with Crippen molar-refractivity contribution < 1.29 is 78.8 Å². The van der Waals surface area contributed by atoms with Crippen LogP contribution in [-0.2, 0) is 20.8 Å². The molecule has 8 N–H and O–H groups in total. The van der Waals surface area contributed by atoms with E-state index in [2.05, 4.69) is 0 Å². The van der Waals surface area contributed by atoms with Crippen LogP contribution < -0.4 is 18.9 Å². The molecule has 2 aromatic rings. The fraction of sp³-hybridized carbons (Fsp3) is 0.536. The molecule has 16 nitrogen and oxygen atoms in total. The molecule has 44 heavy (non-hydrogen) atoms. The first-order valence-electron chi connectivity index (χ1n) is 13.5. The summed E-state index contributed by atoms with van der Waals surface area (Å²) in [6.07, 6.45) is -15.7. The second kappa shape index (κ2) is 14.7. The van der Waals surface area contributed by atoms with Crippen molar-refractivity contribution in [1.29, 1.82) is 0 Å². The van der Waals surface area contributed by atoms with Crippen LogP contribution in [0.25, 0.3) is 0 Å². The van der Waals surface area contributed by atoms with E-state index in [0.29, 0.717) is 0 Å². The third kappa shape index (κ3) is 6.84. The predicted molar refractivity (Wildman–Crippen MR) is 144 cm³/mol. The van der Waals surface area contributed by atoms with E-state index in [0.717, 1.165) is 0 Å². The summed E-state index contributed by atoms with van der Waals surface area (Å²) < 4.78 is 38.5. The Kier molecular flexibility index (Phi) is 11.2. The molecule has 2 aliphatic rings. The molecule has 0 aliphatic carbocycles. The highest BCUT2D eigenvalue weighted by Crippen LogP contribution is 2.40.